The number of amides is 1. The fourth-order valence-corrected chi connectivity index (χ4v) is 7.82. The van der Waals surface area contributed by atoms with Gasteiger partial charge in [0.25, 0.3) is 5.91 Å². The Morgan fingerprint density at radius 3 is 2.17 bits per heavy atom. The molecule has 1 amide bonds. The Morgan fingerprint density at radius 1 is 0.908 bits per heavy atom. The molecule has 0 radical (unpaired) electrons. The third kappa shape index (κ3) is 13.3. The molecule has 4 fully saturated rings. The Balaban J connectivity index is 0.000000925. The number of methoxy groups -OCH3 is 1. The van der Waals surface area contributed by atoms with Crippen LogP contribution in [0.1, 0.15) is 75.2 Å². The second kappa shape index (κ2) is 21.4. The highest BCUT2D eigenvalue weighted by Gasteiger charge is 2.39. The minimum atomic E-state index is -5.08. The molecule has 2 N–H and O–H groups in total. The number of benzene rings is 3. The van der Waals surface area contributed by atoms with Crippen LogP contribution in [0.4, 0.5) is 22.0 Å². The monoisotopic (exact) mass is 953 g/mol. The quantitative estimate of drug-likeness (QED) is 0.0481. The van der Waals surface area contributed by atoms with Gasteiger partial charge in [0.1, 0.15) is 28.0 Å². The summed E-state index contributed by atoms with van der Waals surface area (Å²) in [5.41, 5.74) is 1.08. The lowest BCUT2D eigenvalue weighted by Crippen LogP contribution is -2.52. The first kappa shape index (κ1) is 48.5. The van der Waals surface area contributed by atoms with Crippen molar-refractivity contribution >= 4 is 47.0 Å². The summed E-state index contributed by atoms with van der Waals surface area (Å²) >= 11 is 12.8. The number of hydrogen-bond donors (Lipinski definition) is 2. The summed E-state index contributed by atoms with van der Waals surface area (Å²) in [5, 5.41) is 21.9. The number of ether oxygens (including phenoxy) is 5. The van der Waals surface area contributed by atoms with E-state index in [0.29, 0.717) is 28.2 Å². The summed E-state index contributed by atoms with van der Waals surface area (Å²) in [5.74, 6) is -4.08. The first-order chi connectivity index (χ1) is 30.9. The Kier molecular flexibility index (Phi) is 16.0. The molecule has 1 unspecified atom stereocenters. The zero-order valence-corrected chi connectivity index (χ0v) is 35.9. The molecular weight excluding hydrogens is 912 g/mol. The summed E-state index contributed by atoms with van der Waals surface area (Å²) in [6.45, 7) is -0.291. The number of fused-ring (bicyclic) bond motifs is 3. The van der Waals surface area contributed by atoms with Crippen molar-refractivity contribution in [1.82, 2.24) is 10.2 Å². The van der Waals surface area contributed by atoms with Crippen LogP contribution < -0.4 is 24.3 Å². The van der Waals surface area contributed by atoms with E-state index >= 15 is 0 Å². The van der Waals surface area contributed by atoms with Gasteiger partial charge in [-0.1, -0.05) is 47.5 Å². The normalized spacial score (nSPS) is 18.6. The second-order valence-electron chi connectivity index (χ2n) is 15.4. The molecule has 65 heavy (non-hydrogen) atoms. The number of piperidine rings is 3. The van der Waals surface area contributed by atoms with Crippen molar-refractivity contribution in [2.24, 2.45) is 11.8 Å². The average molecular weight is 955 g/mol. The van der Waals surface area contributed by atoms with Gasteiger partial charge in [-0.25, -0.2) is 14.4 Å². The summed E-state index contributed by atoms with van der Waals surface area (Å²) in [4.78, 5) is 52.8. The first-order valence-corrected chi connectivity index (χ1v) is 20.9. The second-order valence-corrected chi connectivity index (χ2v) is 16.2. The van der Waals surface area contributed by atoms with Gasteiger partial charge in [0.05, 0.1) is 19.3 Å². The van der Waals surface area contributed by atoms with Crippen LogP contribution in [0.3, 0.4) is 0 Å². The van der Waals surface area contributed by atoms with E-state index in [1.807, 2.05) is 0 Å². The number of aliphatic carboxylic acids is 1. The smallest absolute Gasteiger partial charge is 0.490 e. The Bertz CT molecular complexity index is 2340. The molecule has 3 aliphatic heterocycles. The minimum absolute atomic E-state index is 0.00250. The summed E-state index contributed by atoms with van der Waals surface area (Å²) in [7, 11) is 1.50. The number of aromatic nitrogens is 1. The molecule has 1 aliphatic carbocycles. The number of alkyl halides is 5. The Morgan fingerprint density at radius 2 is 1.57 bits per heavy atom. The molecule has 3 aromatic carbocycles. The molecule has 4 aliphatic rings. The van der Waals surface area contributed by atoms with Gasteiger partial charge >= 0.3 is 30.7 Å². The minimum Gasteiger partial charge on any atom is -0.619 e. The third-order valence-corrected chi connectivity index (χ3v) is 11.5. The van der Waals surface area contributed by atoms with Gasteiger partial charge in [0.15, 0.2) is 29.9 Å². The van der Waals surface area contributed by atoms with Crippen LogP contribution in [0.5, 0.6) is 17.2 Å². The SMILES string of the molecule is COc1cccc(C(NC(=O)c2cccc(C(=O)O[C@@H](Cc3c(Cl)c[n+]([O-])cc3Cl)c3ccc(OC(F)F)c(OCC4CC4)c3)c2)C(=O)O[C@H]2CN3CCC2CC3)c1.O=C(O)C(F)(F)F. The molecule has 0 spiro atoms. The number of carboxylic acids is 1. The molecule has 348 valence electrons. The third-order valence-electron chi connectivity index (χ3n) is 10.8. The molecule has 3 atom stereocenters. The molecule has 4 heterocycles. The van der Waals surface area contributed by atoms with Gasteiger partial charge in [-0.15, -0.1) is 0 Å². The topological polar surface area (TPSA) is 177 Å². The van der Waals surface area contributed by atoms with Crippen LogP contribution in [0.25, 0.3) is 0 Å². The van der Waals surface area contributed by atoms with Crippen LogP contribution >= 0.6 is 23.2 Å². The van der Waals surface area contributed by atoms with Crippen molar-refractivity contribution in [3.8, 4) is 17.2 Å². The van der Waals surface area contributed by atoms with E-state index in [1.54, 1.807) is 24.3 Å². The highest BCUT2D eigenvalue weighted by atomic mass is 35.5. The summed E-state index contributed by atoms with van der Waals surface area (Å²) in [6, 6.07) is 15.5. The van der Waals surface area contributed by atoms with Gasteiger partial charge < -0.3 is 39.3 Å². The van der Waals surface area contributed by atoms with E-state index in [4.69, 9.17) is 56.8 Å². The number of esters is 2. The molecule has 8 rings (SSSR count). The summed E-state index contributed by atoms with van der Waals surface area (Å²) in [6.07, 6.45) is -0.735. The van der Waals surface area contributed by atoms with E-state index in [9.17, 15) is 41.5 Å². The number of nitrogens with zero attached hydrogens (tertiary/aromatic N) is 2. The maximum atomic E-state index is 13.9. The fourth-order valence-electron chi connectivity index (χ4n) is 7.22. The van der Waals surface area contributed by atoms with Crippen molar-refractivity contribution < 1.29 is 74.7 Å². The average Bonchev–Trinajstić information content (AvgIpc) is 4.11. The van der Waals surface area contributed by atoms with E-state index < -0.39 is 48.7 Å². The fraction of sp³-hybridized carbons (Fsp3) is 0.386. The molecular formula is C44H42Cl2F5N3O11. The molecule has 1 saturated carbocycles. The molecule has 14 nitrogen and oxygen atoms in total. The molecule has 1 aromatic heterocycles. The van der Waals surface area contributed by atoms with Gasteiger partial charge in [0, 0.05) is 24.1 Å². The number of carboxylic acid groups (broad SMARTS) is 1. The number of halogens is 7. The van der Waals surface area contributed by atoms with Crippen LogP contribution in [-0.4, -0.2) is 86.1 Å². The predicted octanol–water partition coefficient (Wildman–Crippen LogP) is 7.91. The number of pyridine rings is 1. The van der Waals surface area contributed by atoms with Crippen molar-refractivity contribution in [1.29, 1.82) is 0 Å². The van der Waals surface area contributed by atoms with E-state index in [-0.39, 0.29) is 69.2 Å². The van der Waals surface area contributed by atoms with E-state index in [0.717, 1.165) is 51.2 Å². The first-order valence-electron chi connectivity index (χ1n) is 20.2. The number of carbonyl (C=O) groups is 4. The molecule has 3 saturated heterocycles. The zero-order valence-electron chi connectivity index (χ0n) is 34.4. The predicted molar refractivity (Wildman–Crippen MR) is 221 cm³/mol. The van der Waals surface area contributed by atoms with Gasteiger partial charge in [0.2, 0.25) is 0 Å². The number of rotatable bonds is 16. The van der Waals surface area contributed by atoms with Crippen LogP contribution in [0.2, 0.25) is 10.0 Å². The number of hydrogen-bond acceptors (Lipinski definition) is 11. The lowest BCUT2D eigenvalue weighted by Gasteiger charge is -2.44. The van der Waals surface area contributed by atoms with E-state index in [2.05, 4.69) is 10.2 Å². The van der Waals surface area contributed by atoms with Gasteiger partial charge in [-0.2, -0.15) is 26.7 Å². The molecule has 4 aromatic rings. The van der Waals surface area contributed by atoms with Gasteiger partial charge in [-0.05, 0) is 104 Å². The van der Waals surface area contributed by atoms with Crippen LogP contribution in [-0.2, 0) is 25.5 Å². The van der Waals surface area contributed by atoms with Gasteiger partial charge in [-0.3, -0.25) is 9.69 Å². The lowest BCUT2D eigenvalue weighted by atomic mass is 9.86. The summed E-state index contributed by atoms with van der Waals surface area (Å²) < 4.78 is 86.8. The lowest BCUT2D eigenvalue weighted by molar-refractivity contribution is -0.605. The van der Waals surface area contributed by atoms with Crippen LogP contribution in [0.15, 0.2) is 79.1 Å². The Labute approximate surface area is 378 Å². The van der Waals surface area contributed by atoms with Crippen molar-refractivity contribution in [2.75, 3.05) is 33.4 Å². The molecule has 21 heteroatoms. The standard InChI is InChI=1S/C42H41Cl2F2N3O9.C2HF3O2/c1-54-30-7-3-4-27(17-30)38(41(52)57-37-22-48-14-12-25(37)13-15-48)47-39(50)28-5-2-6-29(16-28)40(51)56-35(19-31-32(43)20-49(53)21-33(31)44)26-10-11-34(58-42(45)46)36(18-26)55-23-24-8-9-24;3-2(4,5)1(6)7/h2-7,10-11,16-18,20-21,24-25,35,37-38,42H,8-9,12-15,19,22-23H2,1H3,(H,47,50);(H,6,7)/t35-,37-,38?;/m0./s1. The van der Waals surface area contributed by atoms with Crippen LogP contribution in [0, 0.1) is 17.0 Å². The van der Waals surface area contributed by atoms with E-state index in [1.165, 1.54) is 49.6 Å². The maximum Gasteiger partial charge on any atom is 0.490 e. The molecule has 2 bridgehead atoms. The number of nitrogens with one attached hydrogen (secondary N) is 1. The highest BCUT2D eigenvalue weighted by Crippen LogP contribution is 2.38. The largest absolute Gasteiger partial charge is 0.619 e. The van der Waals surface area contributed by atoms with Crippen molar-refractivity contribution in [2.45, 2.75) is 63.1 Å². The Hall–Kier alpha value is -5.92. The van der Waals surface area contributed by atoms with Crippen molar-refractivity contribution in [3.63, 3.8) is 0 Å². The highest BCUT2D eigenvalue weighted by molar-refractivity contribution is 6.35. The maximum absolute atomic E-state index is 13.9. The van der Waals surface area contributed by atoms with Crippen molar-refractivity contribution in [3.05, 3.63) is 122 Å². The zero-order chi connectivity index (χ0) is 47.0. The number of carbonyl (C=O) groups excluding carboxylic acids is 3.